The molecule has 39 heavy (non-hydrogen) atoms. The average Bonchev–Trinajstić information content (AvgIpc) is 3.17. The third-order valence-corrected chi connectivity index (χ3v) is 8.26. The van der Waals surface area contributed by atoms with E-state index >= 15 is 0 Å². The smallest absolute Gasteiger partial charge is 0.405 e. The summed E-state index contributed by atoms with van der Waals surface area (Å²) in [7, 11) is 0. The Labute approximate surface area is 230 Å². The number of nitrogens with zero attached hydrogens (tertiary/aromatic N) is 2. The van der Waals surface area contributed by atoms with Gasteiger partial charge in [-0.1, -0.05) is 48.0 Å². The highest BCUT2D eigenvalue weighted by Gasteiger charge is 2.44. The molecule has 3 aromatic carbocycles. The SMILES string of the molecule is Cc1ccc(-c2ccc(C(=O)N3C4CCC3CC(CC(C)(C)NC(=O)O)C4)cc2-c2ccc(C#N)cc2)cc1. The van der Waals surface area contributed by atoms with Gasteiger partial charge in [0.2, 0.25) is 0 Å². The van der Waals surface area contributed by atoms with E-state index in [2.05, 4.69) is 47.5 Å². The number of hydrogen-bond donors (Lipinski definition) is 2. The van der Waals surface area contributed by atoms with Crippen molar-refractivity contribution in [1.29, 1.82) is 5.26 Å². The van der Waals surface area contributed by atoms with Crippen LogP contribution in [0.1, 0.15) is 67.4 Å². The van der Waals surface area contributed by atoms with E-state index in [1.54, 1.807) is 0 Å². The average molecular weight is 522 g/mol. The molecule has 0 spiro atoms. The van der Waals surface area contributed by atoms with Gasteiger partial charge in [-0.3, -0.25) is 4.79 Å². The molecule has 0 aromatic heterocycles. The van der Waals surface area contributed by atoms with E-state index in [9.17, 15) is 20.0 Å². The Morgan fingerprint density at radius 1 is 0.949 bits per heavy atom. The minimum atomic E-state index is -0.997. The molecule has 0 saturated carbocycles. The van der Waals surface area contributed by atoms with E-state index in [1.165, 1.54) is 5.56 Å². The van der Waals surface area contributed by atoms with Crippen molar-refractivity contribution in [1.82, 2.24) is 10.2 Å². The minimum absolute atomic E-state index is 0.0641. The van der Waals surface area contributed by atoms with Gasteiger partial charge in [0.05, 0.1) is 11.6 Å². The van der Waals surface area contributed by atoms with E-state index < -0.39 is 11.6 Å². The summed E-state index contributed by atoms with van der Waals surface area (Å²) in [5.74, 6) is 0.445. The molecule has 0 aliphatic carbocycles. The van der Waals surface area contributed by atoms with Gasteiger partial charge in [-0.15, -0.1) is 0 Å². The second-order valence-corrected chi connectivity index (χ2v) is 11.8. The van der Waals surface area contributed by atoms with Gasteiger partial charge < -0.3 is 15.3 Å². The fourth-order valence-corrected chi connectivity index (χ4v) is 6.62. The lowest BCUT2D eigenvalue weighted by molar-refractivity contribution is 0.0494. The standard InChI is InChI=1S/C33H35N3O3/c1-21-4-8-24(9-5-21)29-15-12-26(18-30(29)25-10-6-22(20-34)7-11-25)31(37)36-27-13-14-28(36)17-23(16-27)19-33(2,3)35-32(38)39/h4-12,15,18,23,27-28,35H,13-14,16-17,19H2,1-3H3,(H,38,39). The van der Waals surface area contributed by atoms with Gasteiger partial charge in [-0.25, -0.2) is 4.79 Å². The number of carbonyl (C=O) groups excluding carboxylic acids is 1. The molecule has 2 heterocycles. The van der Waals surface area contributed by atoms with Gasteiger partial charge in [0.25, 0.3) is 5.91 Å². The number of hydrogen-bond acceptors (Lipinski definition) is 3. The van der Waals surface area contributed by atoms with E-state index in [0.717, 1.165) is 54.4 Å². The normalized spacial score (nSPS) is 20.4. The molecular weight excluding hydrogens is 486 g/mol. The van der Waals surface area contributed by atoms with E-state index in [4.69, 9.17) is 0 Å². The van der Waals surface area contributed by atoms with Crippen molar-refractivity contribution >= 4 is 12.0 Å². The van der Waals surface area contributed by atoms with Crippen LogP contribution in [0.4, 0.5) is 4.79 Å². The van der Waals surface area contributed by atoms with Crippen molar-refractivity contribution in [2.75, 3.05) is 0 Å². The number of carboxylic acid groups (broad SMARTS) is 1. The van der Waals surface area contributed by atoms with Crippen molar-refractivity contribution in [3.8, 4) is 28.3 Å². The summed E-state index contributed by atoms with van der Waals surface area (Å²) in [6.45, 7) is 5.93. The number of piperidine rings is 1. The first kappa shape index (κ1) is 26.5. The summed E-state index contributed by atoms with van der Waals surface area (Å²) >= 11 is 0. The largest absolute Gasteiger partial charge is 0.465 e. The summed E-state index contributed by atoms with van der Waals surface area (Å²) in [6.07, 6.45) is 3.55. The Morgan fingerprint density at radius 2 is 1.54 bits per heavy atom. The number of rotatable bonds is 6. The molecule has 6 heteroatoms. The predicted molar refractivity (Wildman–Crippen MR) is 152 cm³/mol. The third kappa shape index (κ3) is 5.68. The highest BCUT2D eigenvalue weighted by atomic mass is 16.4. The molecule has 0 radical (unpaired) electrons. The molecule has 200 valence electrons. The second-order valence-electron chi connectivity index (χ2n) is 11.8. The number of fused-ring (bicyclic) bond motifs is 2. The van der Waals surface area contributed by atoms with Crippen LogP contribution < -0.4 is 5.32 Å². The fourth-order valence-electron chi connectivity index (χ4n) is 6.62. The number of nitrogens with one attached hydrogen (secondary N) is 1. The molecular formula is C33H35N3O3. The summed E-state index contributed by atoms with van der Waals surface area (Å²) in [6, 6.07) is 24.4. The first-order valence-corrected chi connectivity index (χ1v) is 13.7. The Hall–Kier alpha value is -4.11. The van der Waals surface area contributed by atoms with Crippen LogP contribution in [0.5, 0.6) is 0 Å². The summed E-state index contributed by atoms with van der Waals surface area (Å²) in [5, 5.41) is 21.1. The lowest BCUT2D eigenvalue weighted by atomic mass is 9.81. The Balaban J connectivity index is 1.43. The Morgan fingerprint density at radius 3 is 2.13 bits per heavy atom. The zero-order valence-corrected chi connectivity index (χ0v) is 22.8. The van der Waals surface area contributed by atoms with Crippen LogP contribution >= 0.6 is 0 Å². The van der Waals surface area contributed by atoms with Crippen LogP contribution in [0.2, 0.25) is 0 Å². The maximum atomic E-state index is 14.0. The van der Waals surface area contributed by atoms with Crippen LogP contribution in [0.15, 0.2) is 66.7 Å². The second kappa shape index (κ2) is 10.6. The summed E-state index contributed by atoms with van der Waals surface area (Å²) in [4.78, 5) is 27.3. The molecule has 2 bridgehead atoms. The van der Waals surface area contributed by atoms with Crippen molar-refractivity contribution in [2.45, 2.75) is 70.5 Å². The molecule has 2 unspecified atom stereocenters. The minimum Gasteiger partial charge on any atom is -0.465 e. The van der Waals surface area contributed by atoms with Crippen molar-refractivity contribution < 1.29 is 14.7 Å². The molecule has 3 aromatic rings. The van der Waals surface area contributed by atoms with Gasteiger partial charge >= 0.3 is 6.09 Å². The molecule has 2 atom stereocenters. The molecule has 6 nitrogen and oxygen atoms in total. The summed E-state index contributed by atoms with van der Waals surface area (Å²) in [5.41, 5.74) is 6.03. The van der Waals surface area contributed by atoms with E-state index in [0.29, 0.717) is 17.0 Å². The first-order valence-electron chi connectivity index (χ1n) is 13.7. The first-order chi connectivity index (χ1) is 18.6. The van der Waals surface area contributed by atoms with Crippen molar-refractivity contribution in [3.63, 3.8) is 0 Å². The number of carbonyl (C=O) groups is 2. The van der Waals surface area contributed by atoms with Gasteiger partial charge in [-0.2, -0.15) is 5.26 Å². The Bertz CT molecular complexity index is 1410. The topological polar surface area (TPSA) is 93.4 Å². The van der Waals surface area contributed by atoms with Gasteiger partial charge in [0, 0.05) is 23.2 Å². The number of nitriles is 1. The van der Waals surface area contributed by atoms with Crippen molar-refractivity contribution in [2.24, 2.45) is 5.92 Å². The lowest BCUT2D eigenvalue weighted by Crippen LogP contribution is -2.49. The summed E-state index contributed by atoms with van der Waals surface area (Å²) < 4.78 is 0. The highest BCUT2D eigenvalue weighted by molar-refractivity contribution is 5.98. The van der Waals surface area contributed by atoms with Gasteiger partial charge in [0.1, 0.15) is 0 Å². The van der Waals surface area contributed by atoms with Crippen LogP contribution in [-0.4, -0.2) is 39.6 Å². The molecule has 2 N–H and O–H groups in total. The highest BCUT2D eigenvalue weighted by Crippen LogP contribution is 2.43. The molecule has 2 fully saturated rings. The Kier molecular flexibility index (Phi) is 7.18. The zero-order valence-electron chi connectivity index (χ0n) is 22.8. The number of aryl methyl sites for hydroxylation is 1. The number of benzene rings is 3. The van der Waals surface area contributed by atoms with Crippen LogP contribution in [0.25, 0.3) is 22.3 Å². The monoisotopic (exact) mass is 521 g/mol. The lowest BCUT2D eigenvalue weighted by Gasteiger charge is -2.41. The van der Waals surface area contributed by atoms with Crippen LogP contribution in [0, 0.1) is 24.2 Å². The van der Waals surface area contributed by atoms with Crippen LogP contribution in [0.3, 0.4) is 0 Å². The molecule has 2 amide bonds. The third-order valence-electron chi connectivity index (χ3n) is 8.26. The molecule has 2 aliphatic rings. The maximum Gasteiger partial charge on any atom is 0.405 e. The van der Waals surface area contributed by atoms with E-state index in [-0.39, 0.29) is 18.0 Å². The quantitative estimate of drug-likeness (QED) is 0.364. The maximum absolute atomic E-state index is 14.0. The van der Waals surface area contributed by atoms with Gasteiger partial charge in [0.15, 0.2) is 0 Å². The van der Waals surface area contributed by atoms with Crippen molar-refractivity contribution in [3.05, 3.63) is 83.4 Å². The number of amides is 2. The van der Waals surface area contributed by atoms with E-state index in [1.807, 2.05) is 56.3 Å². The molecule has 2 saturated heterocycles. The van der Waals surface area contributed by atoms with Gasteiger partial charge in [-0.05, 0) is 105 Å². The molecule has 2 aliphatic heterocycles. The zero-order chi connectivity index (χ0) is 27.7. The predicted octanol–water partition coefficient (Wildman–Crippen LogP) is 7.02. The fraction of sp³-hybridized carbons (Fsp3) is 0.364. The molecule has 5 rings (SSSR count). The van der Waals surface area contributed by atoms with Crippen LogP contribution in [-0.2, 0) is 0 Å².